The molecule has 0 unspecified atom stereocenters. The molecule has 0 bridgehead atoms. The molecule has 7 nitrogen and oxygen atoms in total. The fourth-order valence-electron chi connectivity index (χ4n) is 3.87. The van der Waals surface area contributed by atoms with E-state index in [4.69, 9.17) is 11.6 Å². The van der Waals surface area contributed by atoms with Crippen LogP contribution in [0.5, 0.6) is 0 Å². The molecule has 0 fully saturated rings. The standard InChI is InChI=1S/C25H19ClN4O3S/c26-21-12-11-20(34-21)19(31)15-30-24(32)22-23(27-16-28(22)13-17-7-3-1-4-8-17)29(25(30)33)14-18-9-5-2-6-10-18/h1-12,16H,13-15H2. The lowest BCUT2D eigenvalue weighted by Crippen LogP contribution is -2.42. The number of thiophene rings is 1. The number of carbonyl (C=O) groups excluding carboxylic acids is 1. The van der Waals surface area contributed by atoms with Gasteiger partial charge < -0.3 is 4.57 Å². The van der Waals surface area contributed by atoms with E-state index in [1.165, 1.54) is 4.57 Å². The molecule has 0 spiro atoms. The van der Waals surface area contributed by atoms with Gasteiger partial charge in [0.1, 0.15) is 0 Å². The number of hydrogen-bond acceptors (Lipinski definition) is 5. The number of Topliss-reactive ketones (excluding diaryl/α,β-unsaturated/α-hetero) is 1. The Kier molecular flexibility index (Phi) is 6.00. The molecule has 3 aromatic heterocycles. The Morgan fingerprint density at radius 3 is 2.12 bits per heavy atom. The molecule has 0 aliphatic rings. The Balaban J connectivity index is 1.66. The molecule has 0 aliphatic heterocycles. The van der Waals surface area contributed by atoms with Crippen molar-refractivity contribution >= 4 is 39.9 Å². The van der Waals surface area contributed by atoms with E-state index in [0.717, 1.165) is 27.0 Å². The first-order valence-corrected chi connectivity index (χ1v) is 11.8. The lowest BCUT2D eigenvalue weighted by molar-refractivity contribution is 0.0972. The van der Waals surface area contributed by atoms with E-state index >= 15 is 0 Å². The van der Waals surface area contributed by atoms with Crippen LogP contribution in [0, 0.1) is 0 Å². The molecule has 5 rings (SSSR count). The van der Waals surface area contributed by atoms with Crippen LogP contribution in [-0.2, 0) is 19.6 Å². The molecule has 0 saturated heterocycles. The van der Waals surface area contributed by atoms with Gasteiger partial charge in [-0.1, -0.05) is 72.3 Å². The third-order valence-electron chi connectivity index (χ3n) is 5.51. The van der Waals surface area contributed by atoms with Crippen molar-refractivity contribution in [2.45, 2.75) is 19.6 Å². The van der Waals surface area contributed by atoms with Gasteiger partial charge in [-0.3, -0.25) is 18.7 Å². The molecule has 9 heteroatoms. The van der Waals surface area contributed by atoms with Gasteiger partial charge in [0, 0.05) is 6.54 Å². The lowest BCUT2D eigenvalue weighted by Gasteiger charge is -2.12. The maximum absolute atomic E-state index is 13.5. The van der Waals surface area contributed by atoms with E-state index in [9.17, 15) is 14.4 Å². The van der Waals surface area contributed by atoms with Crippen molar-refractivity contribution in [2.75, 3.05) is 0 Å². The third-order valence-corrected chi connectivity index (χ3v) is 6.78. The van der Waals surface area contributed by atoms with Crippen molar-refractivity contribution in [3.8, 4) is 0 Å². The number of fused-ring (bicyclic) bond motifs is 1. The van der Waals surface area contributed by atoms with Crippen LogP contribution in [-0.4, -0.2) is 24.5 Å². The summed E-state index contributed by atoms with van der Waals surface area (Å²) in [6.45, 7) is 0.248. The lowest BCUT2D eigenvalue weighted by atomic mass is 10.2. The fourth-order valence-corrected chi connectivity index (χ4v) is 4.85. The van der Waals surface area contributed by atoms with Crippen LogP contribution in [0.25, 0.3) is 11.2 Å². The van der Waals surface area contributed by atoms with Crippen molar-refractivity contribution < 1.29 is 4.79 Å². The Labute approximate surface area is 203 Å². The van der Waals surface area contributed by atoms with Crippen molar-refractivity contribution in [3.63, 3.8) is 0 Å². The highest BCUT2D eigenvalue weighted by atomic mass is 35.5. The molecule has 34 heavy (non-hydrogen) atoms. The maximum atomic E-state index is 13.5. The topological polar surface area (TPSA) is 78.9 Å². The van der Waals surface area contributed by atoms with Crippen molar-refractivity contribution in [1.29, 1.82) is 0 Å². The summed E-state index contributed by atoms with van der Waals surface area (Å²) in [6, 6.07) is 22.3. The number of hydrogen-bond donors (Lipinski definition) is 0. The van der Waals surface area contributed by atoms with E-state index < -0.39 is 11.2 Å². The summed E-state index contributed by atoms with van der Waals surface area (Å²) < 4.78 is 4.62. The highest BCUT2D eigenvalue weighted by Crippen LogP contribution is 2.22. The molecule has 170 valence electrons. The Morgan fingerprint density at radius 1 is 0.853 bits per heavy atom. The largest absolute Gasteiger partial charge is 0.333 e. The van der Waals surface area contributed by atoms with E-state index in [2.05, 4.69) is 4.98 Å². The molecule has 0 atom stereocenters. The predicted octanol–water partition coefficient (Wildman–Crippen LogP) is 4.05. The molecule has 0 aliphatic carbocycles. The molecular weight excluding hydrogens is 472 g/mol. The summed E-state index contributed by atoms with van der Waals surface area (Å²) in [5.41, 5.74) is 1.30. The second-order valence-electron chi connectivity index (χ2n) is 7.80. The molecule has 0 radical (unpaired) electrons. The highest BCUT2D eigenvalue weighted by molar-refractivity contribution is 7.18. The second-order valence-corrected chi connectivity index (χ2v) is 9.52. The quantitative estimate of drug-likeness (QED) is 0.322. The fraction of sp³-hybridized carbons (Fsp3) is 0.120. The number of ketones is 1. The normalized spacial score (nSPS) is 11.2. The van der Waals surface area contributed by atoms with Gasteiger partial charge >= 0.3 is 5.69 Å². The Bertz CT molecular complexity index is 1600. The minimum atomic E-state index is -0.581. The summed E-state index contributed by atoms with van der Waals surface area (Å²) in [6.07, 6.45) is 1.56. The number of imidazole rings is 1. The second kappa shape index (κ2) is 9.24. The van der Waals surface area contributed by atoms with Gasteiger partial charge in [-0.15, -0.1) is 11.3 Å². The minimum Gasteiger partial charge on any atom is -0.320 e. The van der Waals surface area contributed by atoms with Crippen LogP contribution < -0.4 is 11.2 Å². The first-order valence-electron chi connectivity index (χ1n) is 10.6. The molecule has 3 heterocycles. The van der Waals surface area contributed by atoms with Crippen LogP contribution in [0.15, 0.2) is 88.7 Å². The SMILES string of the molecule is O=C(Cn1c(=O)c2c(ncn2Cc2ccccc2)n(Cc2ccccc2)c1=O)c1ccc(Cl)s1. The molecular formula is C25H19ClN4O3S. The van der Waals surface area contributed by atoms with Crippen LogP contribution in [0.3, 0.4) is 0 Å². The van der Waals surface area contributed by atoms with Crippen LogP contribution in [0.4, 0.5) is 0 Å². The monoisotopic (exact) mass is 490 g/mol. The van der Waals surface area contributed by atoms with Crippen LogP contribution >= 0.6 is 22.9 Å². The number of carbonyl (C=O) groups is 1. The van der Waals surface area contributed by atoms with Gasteiger partial charge in [-0.25, -0.2) is 9.78 Å². The third kappa shape index (κ3) is 4.25. The van der Waals surface area contributed by atoms with Gasteiger partial charge in [0.15, 0.2) is 16.9 Å². The maximum Gasteiger partial charge on any atom is 0.333 e. The molecule has 0 amide bonds. The minimum absolute atomic E-state index is 0.220. The predicted molar refractivity (Wildman–Crippen MR) is 133 cm³/mol. The number of rotatable bonds is 7. The van der Waals surface area contributed by atoms with Crippen molar-refractivity contribution in [2.24, 2.45) is 0 Å². The first-order chi connectivity index (χ1) is 16.5. The average molecular weight is 491 g/mol. The van der Waals surface area contributed by atoms with E-state index in [1.807, 2.05) is 60.7 Å². The van der Waals surface area contributed by atoms with Gasteiger partial charge in [0.2, 0.25) is 0 Å². The average Bonchev–Trinajstić information content (AvgIpc) is 3.47. The molecule has 2 aromatic carbocycles. The van der Waals surface area contributed by atoms with Gasteiger partial charge in [0.25, 0.3) is 5.56 Å². The van der Waals surface area contributed by atoms with Crippen LogP contribution in [0.2, 0.25) is 4.34 Å². The van der Waals surface area contributed by atoms with E-state index in [0.29, 0.717) is 15.8 Å². The van der Waals surface area contributed by atoms with Crippen molar-refractivity contribution in [3.05, 3.63) is 120 Å². The van der Waals surface area contributed by atoms with Crippen LogP contribution in [0.1, 0.15) is 20.8 Å². The summed E-state index contributed by atoms with van der Waals surface area (Å²) in [5, 5.41) is 0. The highest BCUT2D eigenvalue weighted by Gasteiger charge is 2.21. The molecule has 0 saturated carbocycles. The molecule has 0 N–H and O–H groups in total. The van der Waals surface area contributed by atoms with Crippen molar-refractivity contribution in [1.82, 2.24) is 18.7 Å². The summed E-state index contributed by atoms with van der Waals surface area (Å²) in [5.74, 6) is -0.351. The first kappa shape index (κ1) is 22.1. The Morgan fingerprint density at radius 2 is 1.50 bits per heavy atom. The Hall–Kier alpha value is -3.75. The number of halogens is 1. The number of nitrogens with zero attached hydrogens (tertiary/aromatic N) is 4. The summed E-state index contributed by atoms with van der Waals surface area (Å²) in [7, 11) is 0. The summed E-state index contributed by atoms with van der Waals surface area (Å²) in [4.78, 5) is 44.7. The zero-order valence-corrected chi connectivity index (χ0v) is 19.5. The summed E-state index contributed by atoms with van der Waals surface area (Å²) >= 11 is 7.09. The zero-order valence-electron chi connectivity index (χ0n) is 17.9. The van der Waals surface area contributed by atoms with E-state index in [1.54, 1.807) is 23.0 Å². The van der Waals surface area contributed by atoms with Gasteiger partial charge in [-0.05, 0) is 23.3 Å². The van der Waals surface area contributed by atoms with E-state index in [-0.39, 0.29) is 30.0 Å². The van der Waals surface area contributed by atoms with Gasteiger partial charge in [-0.2, -0.15) is 0 Å². The number of aromatic nitrogens is 4. The smallest absolute Gasteiger partial charge is 0.320 e. The van der Waals surface area contributed by atoms with Gasteiger partial charge in [0.05, 0.1) is 28.6 Å². The number of benzene rings is 2. The molecule has 5 aromatic rings. The zero-order chi connectivity index (χ0) is 23.7.